The molecule has 0 fully saturated rings. The number of nitrogens with one attached hydrogen (secondary N) is 1. The molecule has 0 atom stereocenters. The number of hydrogen-bond acceptors (Lipinski definition) is 2. The van der Waals surface area contributed by atoms with Crippen molar-refractivity contribution in [2.45, 2.75) is 13.2 Å². The standard InChI is InChI=1S/C24H18BrCl2NO/c25-18-8-5-16(6-9-18)15-29-24-12-7-17-3-1-2-4-20(17)21(24)14-28-23-11-10-19(26)13-22(23)27/h1-13,28H,14-15H2. The Balaban J connectivity index is 1.62. The van der Waals surface area contributed by atoms with E-state index in [1.165, 1.54) is 5.39 Å². The second-order valence-electron chi connectivity index (χ2n) is 6.66. The first-order chi connectivity index (χ1) is 14.1. The lowest BCUT2D eigenvalue weighted by molar-refractivity contribution is 0.304. The molecule has 0 bridgehead atoms. The molecule has 0 spiro atoms. The van der Waals surface area contributed by atoms with E-state index in [-0.39, 0.29) is 0 Å². The Kier molecular flexibility index (Phi) is 6.29. The van der Waals surface area contributed by atoms with Gasteiger partial charge in [-0.2, -0.15) is 0 Å². The lowest BCUT2D eigenvalue weighted by Gasteiger charge is -2.16. The fraction of sp³-hybridized carbons (Fsp3) is 0.0833. The average molecular weight is 487 g/mol. The van der Waals surface area contributed by atoms with Crippen LogP contribution in [0, 0.1) is 0 Å². The third kappa shape index (κ3) is 4.87. The van der Waals surface area contributed by atoms with E-state index in [1.54, 1.807) is 6.07 Å². The quantitative estimate of drug-likeness (QED) is 0.297. The van der Waals surface area contributed by atoms with Crippen molar-refractivity contribution < 1.29 is 4.74 Å². The maximum Gasteiger partial charge on any atom is 0.125 e. The summed E-state index contributed by atoms with van der Waals surface area (Å²) in [7, 11) is 0. The molecule has 1 N–H and O–H groups in total. The zero-order valence-electron chi connectivity index (χ0n) is 15.5. The highest BCUT2D eigenvalue weighted by molar-refractivity contribution is 9.10. The molecule has 29 heavy (non-hydrogen) atoms. The highest BCUT2D eigenvalue weighted by atomic mass is 79.9. The van der Waals surface area contributed by atoms with E-state index in [1.807, 2.05) is 42.5 Å². The summed E-state index contributed by atoms with van der Waals surface area (Å²) >= 11 is 15.8. The van der Waals surface area contributed by atoms with Crippen LogP contribution in [-0.2, 0) is 13.2 Å². The molecule has 0 radical (unpaired) electrons. The monoisotopic (exact) mass is 485 g/mol. The van der Waals surface area contributed by atoms with Crippen LogP contribution in [0.25, 0.3) is 10.8 Å². The Hall–Kier alpha value is -2.20. The molecule has 0 aromatic heterocycles. The van der Waals surface area contributed by atoms with Crippen LogP contribution in [0.3, 0.4) is 0 Å². The highest BCUT2D eigenvalue weighted by Crippen LogP contribution is 2.31. The molecule has 5 heteroatoms. The van der Waals surface area contributed by atoms with Crippen LogP contribution in [0.2, 0.25) is 10.0 Å². The van der Waals surface area contributed by atoms with Gasteiger partial charge in [0.15, 0.2) is 0 Å². The summed E-state index contributed by atoms with van der Waals surface area (Å²) in [6.07, 6.45) is 0. The minimum atomic E-state index is 0.500. The van der Waals surface area contributed by atoms with Crippen molar-refractivity contribution in [2.24, 2.45) is 0 Å². The molecule has 0 saturated heterocycles. The molecular weight excluding hydrogens is 469 g/mol. The number of rotatable bonds is 6. The van der Waals surface area contributed by atoms with E-state index in [9.17, 15) is 0 Å². The number of hydrogen-bond donors (Lipinski definition) is 1. The van der Waals surface area contributed by atoms with E-state index in [4.69, 9.17) is 27.9 Å². The van der Waals surface area contributed by atoms with Crippen molar-refractivity contribution in [3.05, 3.63) is 105 Å². The maximum atomic E-state index is 6.33. The molecule has 4 aromatic carbocycles. The number of fused-ring (bicyclic) bond motifs is 1. The average Bonchev–Trinajstić information content (AvgIpc) is 2.73. The lowest BCUT2D eigenvalue weighted by Crippen LogP contribution is -2.05. The molecule has 0 saturated carbocycles. The summed E-state index contributed by atoms with van der Waals surface area (Å²) in [6.45, 7) is 1.08. The van der Waals surface area contributed by atoms with E-state index in [0.29, 0.717) is 23.2 Å². The second-order valence-corrected chi connectivity index (χ2v) is 8.42. The Morgan fingerprint density at radius 1 is 0.862 bits per heavy atom. The summed E-state index contributed by atoms with van der Waals surface area (Å²) < 4.78 is 7.25. The summed E-state index contributed by atoms with van der Waals surface area (Å²) in [5.74, 6) is 0.851. The topological polar surface area (TPSA) is 21.3 Å². The first-order valence-corrected chi connectivity index (χ1v) is 10.7. The van der Waals surface area contributed by atoms with Gasteiger partial charge < -0.3 is 10.1 Å². The van der Waals surface area contributed by atoms with Crippen LogP contribution >= 0.6 is 39.1 Å². The molecule has 0 amide bonds. The van der Waals surface area contributed by atoms with Gasteiger partial charge in [-0.05, 0) is 52.7 Å². The normalized spacial score (nSPS) is 10.9. The molecule has 4 aromatic rings. The number of benzene rings is 4. The largest absolute Gasteiger partial charge is 0.489 e. The first kappa shape index (κ1) is 20.1. The van der Waals surface area contributed by atoms with E-state index >= 15 is 0 Å². The van der Waals surface area contributed by atoms with Gasteiger partial charge in [-0.25, -0.2) is 0 Å². The maximum absolute atomic E-state index is 6.33. The van der Waals surface area contributed by atoms with Gasteiger partial charge in [0.05, 0.1) is 10.7 Å². The number of ether oxygens (including phenoxy) is 1. The Morgan fingerprint density at radius 2 is 1.66 bits per heavy atom. The van der Waals surface area contributed by atoms with Crippen LogP contribution in [0.1, 0.15) is 11.1 Å². The van der Waals surface area contributed by atoms with Crippen molar-refractivity contribution >= 4 is 55.6 Å². The van der Waals surface area contributed by atoms with Gasteiger partial charge >= 0.3 is 0 Å². The van der Waals surface area contributed by atoms with Gasteiger partial charge in [-0.3, -0.25) is 0 Å². The molecule has 2 nitrogen and oxygen atoms in total. The van der Waals surface area contributed by atoms with Crippen molar-refractivity contribution in [1.29, 1.82) is 0 Å². The molecule has 0 aliphatic heterocycles. The van der Waals surface area contributed by atoms with E-state index in [2.05, 4.69) is 51.6 Å². The van der Waals surface area contributed by atoms with Crippen LogP contribution in [0.5, 0.6) is 5.75 Å². The molecule has 146 valence electrons. The number of anilines is 1. The molecule has 0 unspecified atom stereocenters. The summed E-state index contributed by atoms with van der Waals surface area (Å²) in [5.41, 5.74) is 3.04. The summed E-state index contributed by atoms with van der Waals surface area (Å²) in [4.78, 5) is 0. The first-order valence-electron chi connectivity index (χ1n) is 9.17. The van der Waals surface area contributed by atoms with Gasteiger partial charge in [0.25, 0.3) is 0 Å². The van der Waals surface area contributed by atoms with Crippen molar-refractivity contribution in [1.82, 2.24) is 0 Å². The van der Waals surface area contributed by atoms with Crippen molar-refractivity contribution in [3.8, 4) is 5.75 Å². The fourth-order valence-electron chi connectivity index (χ4n) is 3.19. The van der Waals surface area contributed by atoms with Gasteiger partial charge in [0, 0.05) is 21.6 Å². The van der Waals surface area contributed by atoms with E-state index < -0.39 is 0 Å². The Labute approximate surface area is 188 Å². The molecule has 0 aliphatic carbocycles. The Bertz CT molecular complexity index is 1150. The number of halogens is 3. The molecule has 0 aliphatic rings. The molecule has 4 rings (SSSR count). The van der Waals surface area contributed by atoms with Gasteiger partial charge in [-0.15, -0.1) is 0 Å². The van der Waals surface area contributed by atoms with Gasteiger partial charge in [0.1, 0.15) is 12.4 Å². The lowest BCUT2D eigenvalue weighted by atomic mass is 10.0. The molecular formula is C24H18BrCl2NO. The third-order valence-corrected chi connectivity index (χ3v) is 5.77. The predicted molar refractivity (Wildman–Crippen MR) is 126 cm³/mol. The van der Waals surface area contributed by atoms with Gasteiger partial charge in [-0.1, -0.05) is 81.6 Å². The SMILES string of the molecule is Clc1ccc(NCc2c(OCc3ccc(Br)cc3)ccc3ccccc23)c(Cl)c1. The van der Waals surface area contributed by atoms with Crippen LogP contribution in [0.15, 0.2) is 83.3 Å². The van der Waals surface area contributed by atoms with Crippen molar-refractivity contribution in [3.63, 3.8) is 0 Å². The zero-order chi connectivity index (χ0) is 20.2. The third-order valence-electron chi connectivity index (χ3n) is 4.69. The summed E-state index contributed by atoms with van der Waals surface area (Å²) in [6, 6.07) is 26.0. The fourth-order valence-corrected chi connectivity index (χ4v) is 3.93. The van der Waals surface area contributed by atoms with Crippen LogP contribution in [-0.4, -0.2) is 0 Å². The minimum Gasteiger partial charge on any atom is -0.489 e. The van der Waals surface area contributed by atoms with E-state index in [0.717, 1.165) is 32.4 Å². The van der Waals surface area contributed by atoms with Gasteiger partial charge in [0.2, 0.25) is 0 Å². The second kappa shape index (κ2) is 9.08. The Morgan fingerprint density at radius 3 is 2.45 bits per heavy atom. The predicted octanol–water partition coefficient (Wildman–Crippen LogP) is 8.10. The minimum absolute atomic E-state index is 0.500. The molecule has 0 heterocycles. The highest BCUT2D eigenvalue weighted by Gasteiger charge is 2.11. The zero-order valence-corrected chi connectivity index (χ0v) is 18.6. The van der Waals surface area contributed by atoms with Crippen LogP contribution < -0.4 is 10.1 Å². The summed E-state index contributed by atoms with van der Waals surface area (Å²) in [5, 5.41) is 6.95. The van der Waals surface area contributed by atoms with Crippen molar-refractivity contribution in [2.75, 3.05) is 5.32 Å². The van der Waals surface area contributed by atoms with Crippen LogP contribution in [0.4, 0.5) is 5.69 Å². The smallest absolute Gasteiger partial charge is 0.125 e.